The fourth-order valence-electron chi connectivity index (χ4n) is 1.82. The molecule has 0 aliphatic rings. The van der Waals surface area contributed by atoms with E-state index in [4.69, 9.17) is 0 Å². The van der Waals surface area contributed by atoms with E-state index in [0.29, 0.717) is 12.1 Å². The lowest BCUT2D eigenvalue weighted by Gasteiger charge is -2.09. The summed E-state index contributed by atoms with van der Waals surface area (Å²) < 4.78 is 0.931. The maximum Gasteiger partial charge on any atom is 0.251 e. The second-order valence-electron chi connectivity index (χ2n) is 4.48. The molecule has 5 heteroatoms. The first-order valence-corrected chi connectivity index (χ1v) is 7.06. The minimum absolute atomic E-state index is 0.0820. The van der Waals surface area contributed by atoms with Crippen LogP contribution in [-0.2, 0) is 6.54 Å². The van der Waals surface area contributed by atoms with Gasteiger partial charge in [0, 0.05) is 25.4 Å². The first kappa shape index (κ1) is 14.5. The van der Waals surface area contributed by atoms with Crippen molar-refractivity contribution in [2.24, 2.45) is 0 Å². The van der Waals surface area contributed by atoms with E-state index in [1.165, 1.54) is 0 Å². The molecule has 0 saturated heterocycles. The molecule has 0 aliphatic heterocycles. The van der Waals surface area contributed by atoms with Crippen molar-refractivity contribution in [3.8, 4) is 0 Å². The minimum atomic E-state index is -0.0820. The fraction of sp³-hybridized carbons (Fsp3) is 0.200. The van der Waals surface area contributed by atoms with E-state index in [-0.39, 0.29) is 5.91 Å². The van der Waals surface area contributed by atoms with Crippen LogP contribution in [0.25, 0.3) is 0 Å². The van der Waals surface area contributed by atoms with Gasteiger partial charge in [-0.05, 0) is 52.2 Å². The normalized spacial score (nSPS) is 10.2. The largest absolute Gasteiger partial charge is 0.365 e. The lowest BCUT2D eigenvalue weighted by molar-refractivity contribution is 0.0963. The third kappa shape index (κ3) is 3.57. The van der Waals surface area contributed by atoms with Gasteiger partial charge >= 0.3 is 0 Å². The van der Waals surface area contributed by atoms with Crippen LogP contribution in [0.3, 0.4) is 0 Å². The molecule has 4 nitrogen and oxygen atoms in total. The Balaban J connectivity index is 2.09. The summed E-state index contributed by atoms with van der Waals surface area (Å²) in [5, 5.41) is 5.87. The number of aryl methyl sites for hydroxylation is 1. The molecule has 0 aliphatic carbocycles. The van der Waals surface area contributed by atoms with Gasteiger partial charge in [0.25, 0.3) is 5.91 Å². The number of carbonyl (C=O) groups excluding carboxylic acids is 1. The highest BCUT2D eigenvalue weighted by Gasteiger charge is 2.05. The topological polar surface area (TPSA) is 54.0 Å². The third-order valence-electron chi connectivity index (χ3n) is 2.85. The lowest BCUT2D eigenvalue weighted by atomic mass is 10.1. The predicted molar refractivity (Wildman–Crippen MR) is 83.8 cm³/mol. The Morgan fingerprint density at radius 3 is 2.85 bits per heavy atom. The molecule has 1 heterocycles. The summed E-state index contributed by atoms with van der Waals surface area (Å²) in [6, 6.07) is 9.52. The molecule has 2 rings (SSSR count). The quantitative estimate of drug-likeness (QED) is 0.903. The Kier molecular flexibility index (Phi) is 4.74. The molecular weight excluding hydrogens is 318 g/mol. The highest BCUT2D eigenvalue weighted by Crippen LogP contribution is 2.21. The molecule has 2 N–H and O–H groups in total. The minimum Gasteiger partial charge on any atom is -0.365 e. The number of benzene rings is 1. The smallest absolute Gasteiger partial charge is 0.251 e. The number of anilines is 1. The number of nitrogens with zero attached hydrogens (tertiary/aromatic N) is 1. The number of aromatic nitrogens is 1. The summed E-state index contributed by atoms with van der Waals surface area (Å²) in [6.07, 6.45) is 1.81. The third-order valence-corrected chi connectivity index (χ3v) is 3.46. The van der Waals surface area contributed by atoms with E-state index in [9.17, 15) is 4.79 Å². The summed E-state index contributed by atoms with van der Waals surface area (Å²) in [7, 11) is 1.63. The average molecular weight is 334 g/mol. The van der Waals surface area contributed by atoms with Crippen molar-refractivity contribution in [3.63, 3.8) is 0 Å². The van der Waals surface area contributed by atoms with Gasteiger partial charge in [-0.2, -0.15) is 0 Å². The second kappa shape index (κ2) is 6.52. The number of halogens is 1. The fourth-order valence-corrected chi connectivity index (χ4v) is 2.42. The van der Waals surface area contributed by atoms with E-state index in [1.54, 1.807) is 13.1 Å². The van der Waals surface area contributed by atoms with E-state index < -0.39 is 0 Å². The molecule has 0 saturated carbocycles. The van der Waals surface area contributed by atoms with Gasteiger partial charge in [-0.25, -0.2) is 4.98 Å². The second-order valence-corrected chi connectivity index (χ2v) is 5.33. The first-order chi connectivity index (χ1) is 9.60. The number of pyridine rings is 1. The highest BCUT2D eigenvalue weighted by atomic mass is 79.9. The summed E-state index contributed by atoms with van der Waals surface area (Å²) >= 11 is 3.48. The van der Waals surface area contributed by atoms with Crippen molar-refractivity contribution in [1.82, 2.24) is 10.3 Å². The Bertz CT molecular complexity index is 628. The van der Waals surface area contributed by atoms with Crippen molar-refractivity contribution in [3.05, 3.63) is 57.7 Å². The highest BCUT2D eigenvalue weighted by molar-refractivity contribution is 9.10. The zero-order valence-electron chi connectivity index (χ0n) is 11.4. The van der Waals surface area contributed by atoms with Gasteiger partial charge in [0.05, 0.1) is 4.47 Å². The van der Waals surface area contributed by atoms with Crippen LogP contribution in [0, 0.1) is 6.92 Å². The molecule has 0 fully saturated rings. The molecule has 1 aromatic carbocycles. The molecule has 20 heavy (non-hydrogen) atoms. The summed E-state index contributed by atoms with van der Waals surface area (Å²) in [5.74, 6) is 0.711. The van der Waals surface area contributed by atoms with Crippen molar-refractivity contribution >= 4 is 27.7 Å². The van der Waals surface area contributed by atoms with E-state index in [1.807, 2.05) is 37.4 Å². The van der Waals surface area contributed by atoms with Gasteiger partial charge in [-0.1, -0.05) is 12.1 Å². The Morgan fingerprint density at radius 1 is 1.35 bits per heavy atom. The first-order valence-electron chi connectivity index (χ1n) is 6.27. The van der Waals surface area contributed by atoms with Crippen molar-refractivity contribution in [1.29, 1.82) is 0 Å². The van der Waals surface area contributed by atoms with Gasteiger partial charge in [0.2, 0.25) is 0 Å². The SMILES string of the molecule is CNC(=O)c1cccc(CNc2ncc(C)cc2Br)c1. The molecule has 1 amide bonds. The molecule has 0 unspecified atom stereocenters. The Hall–Kier alpha value is -1.88. The van der Waals surface area contributed by atoms with Crippen LogP contribution < -0.4 is 10.6 Å². The molecule has 0 atom stereocenters. The van der Waals surface area contributed by atoms with E-state index in [2.05, 4.69) is 31.5 Å². The summed E-state index contributed by atoms with van der Waals surface area (Å²) in [6.45, 7) is 2.61. The monoisotopic (exact) mass is 333 g/mol. The average Bonchev–Trinajstić information content (AvgIpc) is 2.46. The molecule has 104 valence electrons. The van der Waals surface area contributed by atoms with Gasteiger partial charge < -0.3 is 10.6 Å². The van der Waals surface area contributed by atoms with Crippen LogP contribution >= 0.6 is 15.9 Å². The van der Waals surface area contributed by atoms with Crippen molar-refractivity contribution in [2.75, 3.05) is 12.4 Å². The number of rotatable bonds is 4. The van der Waals surface area contributed by atoms with Gasteiger partial charge in [-0.15, -0.1) is 0 Å². The van der Waals surface area contributed by atoms with E-state index in [0.717, 1.165) is 21.4 Å². The maximum atomic E-state index is 11.6. The van der Waals surface area contributed by atoms with Crippen LogP contribution in [0.4, 0.5) is 5.82 Å². The predicted octanol–water partition coefficient (Wildman–Crippen LogP) is 3.12. The molecular formula is C15H16BrN3O. The molecule has 1 aromatic heterocycles. The van der Waals surface area contributed by atoms with Crippen LogP contribution in [-0.4, -0.2) is 17.9 Å². The van der Waals surface area contributed by atoms with Crippen LogP contribution in [0.2, 0.25) is 0 Å². The number of amides is 1. The van der Waals surface area contributed by atoms with Crippen molar-refractivity contribution in [2.45, 2.75) is 13.5 Å². The maximum absolute atomic E-state index is 11.6. The van der Waals surface area contributed by atoms with Crippen LogP contribution in [0.15, 0.2) is 41.0 Å². The number of hydrogen-bond donors (Lipinski definition) is 2. The molecule has 0 radical (unpaired) electrons. The summed E-state index contributed by atoms with van der Waals surface area (Å²) in [5.41, 5.74) is 2.78. The van der Waals surface area contributed by atoms with E-state index >= 15 is 0 Å². The Labute approximate surface area is 126 Å². The number of hydrogen-bond acceptors (Lipinski definition) is 3. The van der Waals surface area contributed by atoms with Crippen LogP contribution in [0.1, 0.15) is 21.5 Å². The van der Waals surface area contributed by atoms with Gasteiger partial charge in [-0.3, -0.25) is 4.79 Å². The van der Waals surface area contributed by atoms with Crippen molar-refractivity contribution < 1.29 is 4.79 Å². The lowest BCUT2D eigenvalue weighted by Crippen LogP contribution is -2.18. The van der Waals surface area contributed by atoms with Gasteiger partial charge in [0.1, 0.15) is 5.82 Å². The zero-order valence-corrected chi connectivity index (χ0v) is 13.0. The number of nitrogens with one attached hydrogen (secondary N) is 2. The van der Waals surface area contributed by atoms with Crippen LogP contribution in [0.5, 0.6) is 0 Å². The number of carbonyl (C=O) groups is 1. The van der Waals surface area contributed by atoms with Gasteiger partial charge in [0.15, 0.2) is 0 Å². The molecule has 0 bridgehead atoms. The Morgan fingerprint density at radius 2 is 2.15 bits per heavy atom. The molecule has 0 spiro atoms. The molecule has 2 aromatic rings. The summed E-state index contributed by atoms with van der Waals surface area (Å²) in [4.78, 5) is 15.9. The zero-order chi connectivity index (χ0) is 14.5. The standard InChI is InChI=1S/C15H16BrN3O/c1-10-6-13(16)14(18-8-10)19-9-11-4-3-5-12(7-11)15(20)17-2/h3-8H,9H2,1-2H3,(H,17,20)(H,18,19).